The van der Waals surface area contributed by atoms with Crippen LogP contribution in [0.4, 0.5) is 0 Å². The van der Waals surface area contributed by atoms with Gasteiger partial charge in [0.25, 0.3) is 5.91 Å². The van der Waals surface area contributed by atoms with Crippen molar-refractivity contribution in [2.24, 2.45) is 11.8 Å². The number of hydrogen-bond donors (Lipinski definition) is 4. The second-order valence-corrected chi connectivity index (χ2v) is 8.97. The number of ether oxygens (including phenoxy) is 1. The molecule has 36 heavy (non-hydrogen) atoms. The fourth-order valence-corrected chi connectivity index (χ4v) is 3.76. The third-order valence-electron chi connectivity index (χ3n) is 5.74. The van der Waals surface area contributed by atoms with Crippen LogP contribution in [-0.4, -0.2) is 48.6 Å². The van der Waals surface area contributed by atoms with E-state index in [1.54, 1.807) is 29.7 Å². The number of aryl methyl sites for hydroxylation is 1. The topological polar surface area (TPSA) is 134 Å². The highest BCUT2D eigenvalue weighted by Gasteiger charge is 2.30. The summed E-state index contributed by atoms with van der Waals surface area (Å²) in [4.78, 5) is 49.6. The minimum atomic E-state index is -1.12. The second kappa shape index (κ2) is 14.6. The Morgan fingerprint density at radius 3 is 2.08 bits per heavy atom. The maximum Gasteiger partial charge on any atom is 0.337 e. The molecular weight excluding hydrogens is 462 g/mol. The van der Waals surface area contributed by atoms with Crippen LogP contribution < -0.4 is 16.1 Å². The normalized spacial score (nSPS) is 12.4. The van der Waals surface area contributed by atoms with E-state index in [0.29, 0.717) is 31.4 Å². The Morgan fingerprint density at radius 2 is 1.50 bits per heavy atom. The van der Waals surface area contributed by atoms with Crippen molar-refractivity contribution >= 4 is 23.7 Å². The van der Waals surface area contributed by atoms with Gasteiger partial charge < -0.3 is 15.4 Å². The van der Waals surface area contributed by atoms with Gasteiger partial charge >= 0.3 is 5.97 Å². The van der Waals surface area contributed by atoms with E-state index >= 15 is 0 Å². The van der Waals surface area contributed by atoms with Gasteiger partial charge in [-0.05, 0) is 54.9 Å². The largest absolute Gasteiger partial charge is 0.465 e. The van der Waals surface area contributed by atoms with E-state index in [9.17, 15) is 19.2 Å². The van der Waals surface area contributed by atoms with Crippen LogP contribution in [0, 0.1) is 11.8 Å². The molecule has 3 amide bonds. The molecule has 9 nitrogen and oxygen atoms in total. The first-order valence-electron chi connectivity index (χ1n) is 12.0. The molecule has 0 spiro atoms. The van der Waals surface area contributed by atoms with Gasteiger partial charge in [0.2, 0.25) is 11.8 Å². The third kappa shape index (κ3) is 9.14. The van der Waals surface area contributed by atoms with Gasteiger partial charge in [-0.3, -0.25) is 19.6 Å². The summed E-state index contributed by atoms with van der Waals surface area (Å²) in [7, 11) is 1.32. The number of nitrogens with one attached hydrogen (secondary N) is 3. The average Bonchev–Trinajstić information content (AvgIpc) is 2.89. The maximum absolute atomic E-state index is 13.0. The molecule has 0 aliphatic heterocycles. The number of carbonyl (C=O) groups is 4. The molecule has 0 bridgehead atoms. The molecule has 0 saturated carbocycles. The van der Waals surface area contributed by atoms with Crippen molar-refractivity contribution in [2.45, 2.75) is 45.6 Å². The molecule has 194 valence electrons. The summed E-state index contributed by atoms with van der Waals surface area (Å²) >= 11 is 0. The number of carbonyl (C=O) groups excluding carboxylic acids is 4. The SMILES string of the molecule is COC(=O)c1ccc(CCNC(=O)[C@H](CCc2ccccc2)NC(=O)[C@@H](CC(C)C)C(=O)NO)cc1. The molecule has 0 heterocycles. The standard InChI is InChI=1S/C27H35N3O6/c1-18(2)17-22(25(32)30-35)24(31)29-23(14-11-19-7-5-4-6-8-19)26(33)28-16-15-20-9-12-21(13-10-20)27(34)36-3/h4-10,12-13,18,22-23,35H,11,14-17H2,1-3H3,(H,28,33)(H,29,31)(H,30,32)/t22-,23+/m1/s1. The number of benzene rings is 2. The lowest BCUT2D eigenvalue weighted by molar-refractivity contribution is -0.143. The monoisotopic (exact) mass is 497 g/mol. The fraction of sp³-hybridized carbons (Fsp3) is 0.407. The summed E-state index contributed by atoms with van der Waals surface area (Å²) in [5.41, 5.74) is 3.93. The van der Waals surface area contributed by atoms with Crippen LogP contribution in [0.25, 0.3) is 0 Å². The van der Waals surface area contributed by atoms with Gasteiger partial charge in [-0.2, -0.15) is 0 Å². The van der Waals surface area contributed by atoms with Gasteiger partial charge in [0, 0.05) is 6.54 Å². The van der Waals surface area contributed by atoms with Gasteiger partial charge in [-0.25, -0.2) is 10.3 Å². The van der Waals surface area contributed by atoms with E-state index in [1.165, 1.54) is 7.11 Å². The van der Waals surface area contributed by atoms with E-state index in [4.69, 9.17) is 9.94 Å². The smallest absolute Gasteiger partial charge is 0.337 e. The molecule has 0 saturated heterocycles. The van der Waals surface area contributed by atoms with Crippen LogP contribution in [-0.2, 0) is 32.0 Å². The number of rotatable bonds is 13. The molecule has 0 aliphatic rings. The van der Waals surface area contributed by atoms with Crippen LogP contribution in [0.2, 0.25) is 0 Å². The number of hydroxylamine groups is 1. The first-order valence-corrected chi connectivity index (χ1v) is 12.0. The van der Waals surface area contributed by atoms with E-state index < -0.39 is 29.7 Å². The molecule has 2 aromatic rings. The molecule has 0 radical (unpaired) electrons. The highest BCUT2D eigenvalue weighted by atomic mass is 16.5. The van der Waals surface area contributed by atoms with E-state index in [1.807, 2.05) is 44.2 Å². The summed E-state index contributed by atoms with van der Waals surface area (Å²) in [6.07, 6.45) is 1.64. The molecule has 2 aromatic carbocycles. The molecule has 2 rings (SSSR count). The van der Waals surface area contributed by atoms with E-state index in [0.717, 1.165) is 11.1 Å². The number of esters is 1. The Morgan fingerprint density at radius 1 is 0.861 bits per heavy atom. The molecule has 9 heteroatoms. The summed E-state index contributed by atoms with van der Waals surface area (Å²) in [6.45, 7) is 4.05. The second-order valence-electron chi connectivity index (χ2n) is 8.97. The Kier molecular flexibility index (Phi) is 11.6. The fourth-order valence-electron chi connectivity index (χ4n) is 3.76. The van der Waals surface area contributed by atoms with Gasteiger partial charge in [0.15, 0.2) is 0 Å². The van der Waals surface area contributed by atoms with Gasteiger partial charge in [0.05, 0.1) is 12.7 Å². The zero-order valence-electron chi connectivity index (χ0n) is 21.0. The molecular formula is C27H35N3O6. The zero-order chi connectivity index (χ0) is 26.5. The zero-order valence-corrected chi connectivity index (χ0v) is 21.0. The minimum Gasteiger partial charge on any atom is -0.465 e. The van der Waals surface area contributed by atoms with Crippen molar-refractivity contribution in [2.75, 3.05) is 13.7 Å². The minimum absolute atomic E-state index is 0.0280. The first kappa shape index (κ1) is 28.5. The third-order valence-corrected chi connectivity index (χ3v) is 5.74. The molecule has 0 aromatic heterocycles. The predicted octanol–water partition coefficient (Wildman–Crippen LogP) is 2.42. The Balaban J connectivity index is 2.04. The summed E-state index contributed by atoms with van der Waals surface area (Å²) < 4.78 is 4.69. The van der Waals surface area contributed by atoms with Gasteiger partial charge in [0.1, 0.15) is 12.0 Å². The lowest BCUT2D eigenvalue weighted by Crippen LogP contribution is -2.51. The number of methoxy groups -OCH3 is 1. The van der Waals surface area contributed by atoms with Crippen LogP contribution in [0.5, 0.6) is 0 Å². The van der Waals surface area contributed by atoms with Crippen molar-refractivity contribution in [1.29, 1.82) is 0 Å². The van der Waals surface area contributed by atoms with E-state index in [2.05, 4.69) is 10.6 Å². The van der Waals surface area contributed by atoms with Crippen LogP contribution >= 0.6 is 0 Å². The van der Waals surface area contributed by atoms with Crippen LogP contribution in [0.3, 0.4) is 0 Å². The van der Waals surface area contributed by atoms with Crippen molar-refractivity contribution in [3.63, 3.8) is 0 Å². The molecule has 0 aliphatic carbocycles. The Hall–Kier alpha value is -3.72. The summed E-state index contributed by atoms with van der Waals surface area (Å²) in [5, 5.41) is 14.6. The first-order chi connectivity index (χ1) is 17.2. The molecule has 0 unspecified atom stereocenters. The van der Waals surface area contributed by atoms with Crippen LogP contribution in [0.15, 0.2) is 54.6 Å². The summed E-state index contributed by atoms with van der Waals surface area (Å²) in [5.74, 6) is -3.29. The van der Waals surface area contributed by atoms with Crippen molar-refractivity contribution in [3.05, 3.63) is 71.3 Å². The van der Waals surface area contributed by atoms with Gasteiger partial charge in [-0.1, -0.05) is 56.3 Å². The van der Waals surface area contributed by atoms with Gasteiger partial charge in [-0.15, -0.1) is 0 Å². The quantitative estimate of drug-likeness (QED) is 0.145. The number of hydrogen-bond acceptors (Lipinski definition) is 6. The van der Waals surface area contributed by atoms with Crippen molar-refractivity contribution < 1.29 is 29.1 Å². The highest BCUT2D eigenvalue weighted by Crippen LogP contribution is 2.14. The van der Waals surface area contributed by atoms with E-state index in [-0.39, 0.29) is 18.2 Å². The number of amides is 3. The lowest BCUT2D eigenvalue weighted by Gasteiger charge is -2.22. The lowest BCUT2D eigenvalue weighted by atomic mass is 9.95. The summed E-state index contributed by atoms with van der Waals surface area (Å²) in [6, 6.07) is 15.6. The molecule has 0 fully saturated rings. The van der Waals surface area contributed by atoms with Crippen molar-refractivity contribution in [3.8, 4) is 0 Å². The van der Waals surface area contributed by atoms with Crippen LogP contribution in [0.1, 0.15) is 48.2 Å². The molecule has 2 atom stereocenters. The van der Waals surface area contributed by atoms with Crippen molar-refractivity contribution in [1.82, 2.24) is 16.1 Å². The average molecular weight is 498 g/mol. The maximum atomic E-state index is 13.0. The Labute approximate surface area is 211 Å². The highest BCUT2D eigenvalue weighted by molar-refractivity contribution is 6.01. The predicted molar refractivity (Wildman–Crippen MR) is 134 cm³/mol. The molecule has 4 N–H and O–H groups in total. The Bertz CT molecular complexity index is 1010.